The van der Waals surface area contributed by atoms with Gasteiger partial charge in [0, 0.05) is 41.3 Å². The summed E-state index contributed by atoms with van der Waals surface area (Å²) in [5.74, 6) is 1.33. The zero-order chi connectivity index (χ0) is 27.5. The van der Waals surface area contributed by atoms with E-state index in [-0.39, 0.29) is 28.3 Å². The van der Waals surface area contributed by atoms with Gasteiger partial charge < -0.3 is 14.8 Å². The van der Waals surface area contributed by atoms with Crippen molar-refractivity contribution in [1.29, 1.82) is 0 Å². The summed E-state index contributed by atoms with van der Waals surface area (Å²) in [7, 11) is 0. The van der Waals surface area contributed by atoms with Crippen LogP contribution in [-0.4, -0.2) is 24.8 Å². The molecule has 0 unspecified atom stereocenters. The zero-order valence-corrected chi connectivity index (χ0v) is 24.4. The number of allylic oxidation sites excluding steroid dienone is 4. The van der Waals surface area contributed by atoms with Gasteiger partial charge in [0.25, 0.3) is 0 Å². The van der Waals surface area contributed by atoms with Crippen LogP contribution in [0, 0.1) is 10.8 Å². The van der Waals surface area contributed by atoms with Crippen LogP contribution in [0.5, 0.6) is 11.5 Å². The number of hydrogen-bond acceptors (Lipinski definition) is 5. The Morgan fingerprint density at radius 3 is 1.92 bits per heavy atom. The van der Waals surface area contributed by atoms with Crippen LogP contribution in [0.4, 0.5) is 0 Å². The molecule has 0 aromatic heterocycles. The number of benzene rings is 1. The molecule has 0 spiro atoms. The smallest absolute Gasteiger partial charge is 0.162 e. The number of rotatable bonds is 11. The van der Waals surface area contributed by atoms with Crippen LogP contribution in [0.1, 0.15) is 117 Å². The standard InChI is InChI=1S/C33H47NO4/c1-7-9-10-11-12-13-16-38-27-15-14-22(17-28(27)37-8-2)29-30-23(18-32(3,4)20-25(30)35)34-24-19-33(5,6)21-26(36)31(24)29/h14-15,17,29,34H,7-13,16,18-21H2,1-6H3. The van der Waals surface area contributed by atoms with Gasteiger partial charge in [0.05, 0.1) is 13.2 Å². The van der Waals surface area contributed by atoms with E-state index in [0.29, 0.717) is 31.8 Å². The molecule has 0 saturated carbocycles. The Hall–Kier alpha value is -2.56. The van der Waals surface area contributed by atoms with Gasteiger partial charge in [-0.3, -0.25) is 9.59 Å². The number of ketones is 2. The van der Waals surface area contributed by atoms with Crippen LogP contribution in [0.15, 0.2) is 40.7 Å². The summed E-state index contributed by atoms with van der Waals surface area (Å²) < 4.78 is 12.2. The minimum absolute atomic E-state index is 0.107. The van der Waals surface area contributed by atoms with E-state index in [1.165, 1.54) is 32.1 Å². The lowest BCUT2D eigenvalue weighted by atomic mass is 9.64. The first kappa shape index (κ1) is 28.4. The fourth-order valence-corrected chi connectivity index (χ4v) is 6.38. The molecule has 1 N–H and O–H groups in total. The Bertz CT molecular complexity index is 1070. The van der Waals surface area contributed by atoms with Crippen LogP contribution in [0.25, 0.3) is 0 Å². The van der Waals surface area contributed by atoms with Gasteiger partial charge in [-0.05, 0) is 54.7 Å². The first-order chi connectivity index (χ1) is 18.0. The van der Waals surface area contributed by atoms with Crippen molar-refractivity contribution in [3.8, 4) is 11.5 Å². The van der Waals surface area contributed by atoms with E-state index in [2.05, 4.69) is 39.9 Å². The number of Topliss-reactive ketones (excluding diaryl/α,β-unsaturated/α-hetero) is 2. The van der Waals surface area contributed by atoms with E-state index in [1.54, 1.807) is 0 Å². The molecule has 4 rings (SSSR count). The van der Waals surface area contributed by atoms with Crippen LogP contribution in [0.3, 0.4) is 0 Å². The monoisotopic (exact) mass is 521 g/mol. The fourth-order valence-electron chi connectivity index (χ4n) is 6.38. The molecule has 5 heteroatoms. The number of dihydropyridines is 1. The molecule has 3 aliphatic rings. The van der Waals surface area contributed by atoms with Crippen molar-refractivity contribution < 1.29 is 19.1 Å². The van der Waals surface area contributed by atoms with Gasteiger partial charge in [0.2, 0.25) is 0 Å². The number of hydrogen-bond donors (Lipinski definition) is 1. The maximum atomic E-state index is 13.6. The Balaban J connectivity index is 1.66. The van der Waals surface area contributed by atoms with Gasteiger partial charge in [-0.1, -0.05) is 72.8 Å². The summed E-state index contributed by atoms with van der Waals surface area (Å²) in [6.45, 7) is 14.0. The van der Waals surface area contributed by atoms with E-state index >= 15 is 0 Å². The summed E-state index contributed by atoms with van der Waals surface area (Å²) in [5, 5.41) is 3.59. The van der Waals surface area contributed by atoms with E-state index in [0.717, 1.165) is 53.1 Å². The first-order valence-corrected chi connectivity index (χ1v) is 14.7. The summed E-state index contributed by atoms with van der Waals surface area (Å²) in [5.41, 5.74) is 4.22. The SMILES string of the molecule is CCCCCCCCOc1ccc(C2C3=C(CC(C)(C)CC3=O)NC3=C2C(=O)CC(C)(C)C3)cc1OCC. The summed E-state index contributed by atoms with van der Waals surface area (Å²) in [6, 6.07) is 6.00. The van der Waals surface area contributed by atoms with Crippen molar-refractivity contribution in [2.75, 3.05) is 13.2 Å². The van der Waals surface area contributed by atoms with Crippen LogP contribution in [-0.2, 0) is 9.59 Å². The molecular formula is C33H47NO4. The fraction of sp³-hybridized carbons (Fsp3) is 0.636. The van der Waals surface area contributed by atoms with Crippen molar-refractivity contribution in [2.24, 2.45) is 10.8 Å². The average molecular weight is 522 g/mol. The zero-order valence-electron chi connectivity index (χ0n) is 24.4. The Morgan fingerprint density at radius 2 is 1.34 bits per heavy atom. The third-order valence-corrected chi connectivity index (χ3v) is 8.08. The highest BCUT2D eigenvalue weighted by Gasteiger charge is 2.46. The lowest BCUT2D eigenvalue weighted by molar-refractivity contribution is -0.119. The number of unbranched alkanes of at least 4 members (excludes halogenated alkanes) is 5. The molecule has 1 heterocycles. The molecule has 0 saturated heterocycles. The number of ether oxygens (including phenoxy) is 2. The molecule has 1 aromatic carbocycles. The van der Waals surface area contributed by atoms with Gasteiger partial charge in [0.15, 0.2) is 23.1 Å². The average Bonchev–Trinajstić information content (AvgIpc) is 2.81. The molecule has 5 nitrogen and oxygen atoms in total. The molecule has 208 valence electrons. The van der Waals surface area contributed by atoms with E-state index in [9.17, 15) is 9.59 Å². The summed E-state index contributed by atoms with van der Waals surface area (Å²) >= 11 is 0. The molecule has 0 amide bonds. The van der Waals surface area contributed by atoms with Gasteiger partial charge in [-0.15, -0.1) is 0 Å². The van der Waals surface area contributed by atoms with Crippen LogP contribution in [0.2, 0.25) is 0 Å². The second kappa shape index (κ2) is 11.7. The van der Waals surface area contributed by atoms with Crippen molar-refractivity contribution in [3.63, 3.8) is 0 Å². The van der Waals surface area contributed by atoms with Gasteiger partial charge >= 0.3 is 0 Å². The minimum atomic E-state index is -0.361. The minimum Gasteiger partial charge on any atom is -0.490 e. The van der Waals surface area contributed by atoms with Crippen molar-refractivity contribution in [1.82, 2.24) is 5.32 Å². The highest BCUT2D eigenvalue weighted by molar-refractivity contribution is 6.06. The molecule has 1 aliphatic heterocycles. The number of carbonyl (C=O) groups excluding carboxylic acids is 2. The Morgan fingerprint density at radius 1 is 0.763 bits per heavy atom. The van der Waals surface area contributed by atoms with E-state index < -0.39 is 0 Å². The summed E-state index contributed by atoms with van der Waals surface area (Å²) in [4.78, 5) is 27.2. The molecular weight excluding hydrogens is 474 g/mol. The third kappa shape index (κ3) is 6.35. The molecule has 0 atom stereocenters. The lowest BCUT2D eigenvalue weighted by Gasteiger charge is -2.44. The second-order valence-electron chi connectivity index (χ2n) is 13.0. The first-order valence-electron chi connectivity index (χ1n) is 14.7. The van der Waals surface area contributed by atoms with Gasteiger partial charge in [0.1, 0.15) is 0 Å². The molecule has 0 bridgehead atoms. The maximum absolute atomic E-state index is 13.6. The van der Waals surface area contributed by atoms with Crippen LogP contribution < -0.4 is 14.8 Å². The second-order valence-corrected chi connectivity index (χ2v) is 13.0. The van der Waals surface area contributed by atoms with Gasteiger partial charge in [-0.2, -0.15) is 0 Å². The predicted molar refractivity (Wildman–Crippen MR) is 152 cm³/mol. The highest BCUT2D eigenvalue weighted by atomic mass is 16.5. The van der Waals surface area contributed by atoms with Gasteiger partial charge in [-0.25, -0.2) is 0 Å². The highest BCUT2D eigenvalue weighted by Crippen LogP contribution is 2.51. The van der Waals surface area contributed by atoms with Crippen molar-refractivity contribution in [2.45, 2.75) is 112 Å². The number of nitrogens with one attached hydrogen (secondary N) is 1. The normalized spacial score (nSPS) is 20.7. The Labute approximate surface area is 229 Å². The quantitative estimate of drug-likeness (QED) is 0.301. The van der Waals surface area contributed by atoms with Crippen molar-refractivity contribution in [3.05, 3.63) is 46.3 Å². The van der Waals surface area contributed by atoms with E-state index in [4.69, 9.17) is 9.47 Å². The van der Waals surface area contributed by atoms with Crippen LogP contribution >= 0.6 is 0 Å². The maximum Gasteiger partial charge on any atom is 0.162 e. The molecule has 38 heavy (non-hydrogen) atoms. The molecule has 2 aliphatic carbocycles. The third-order valence-electron chi connectivity index (χ3n) is 8.08. The topological polar surface area (TPSA) is 64.6 Å². The van der Waals surface area contributed by atoms with E-state index in [1.807, 2.05) is 25.1 Å². The van der Waals surface area contributed by atoms with Crippen molar-refractivity contribution >= 4 is 11.6 Å². The molecule has 1 aromatic rings. The lowest BCUT2D eigenvalue weighted by Crippen LogP contribution is -2.42. The molecule has 0 radical (unpaired) electrons. The summed E-state index contributed by atoms with van der Waals surface area (Å²) in [6.07, 6.45) is 9.84. The number of carbonyl (C=O) groups is 2. The Kier molecular flexibility index (Phi) is 8.74. The predicted octanol–water partition coefficient (Wildman–Crippen LogP) is 7.80. The molecule has 0 fully saturated rings. The largest absolute Gasteiger partial charge is 0.490 e.